The van der Waals surface area contributed by atoms with Gasteiger partial charge in [0, 0.05) is 28.4 Å². The molecule has 0 unspecified atom stereocenters. The molecule has 0 saturated carbocycles. The highest BCUT2D eigenvalue weighted by Crippen LogP contribution is 2.27. The highest BCUT2D eigenvalue weighted by Gasteiger charge is 2.08. The lowest BCUT2D eigenvalue weighted by Gasteiger charge is -2.08. The van der Waals surface area contributed by atoms with E-state index in [0.717, 1.165) is 16.3 Å². The quantitative estimate of drug-likeness (QED) is 0.681. The molecule has 2 aromatic heterocycles. The Labute approximate surface area is 158 Å². The zero-order valence-electron chi connectivity index (χ0n) is 12.9. The van der Waals surface area contributed by atoms with Gasteiger partial charge in [-0.1, -0.05) is 23.2 Å². The number of carbonyl (C=O) groups is 1. The fourth-order valence-corrected chi connectivity index (χ4v) is 3.28. The van der Waals surface area contributed by atoms with E-state index in [0.29, 0.717) is 22.3 Å². The molecule has 2 heterocycles. The summed E-state index contributed by atoms with van der Waals surface area (Å²) in [5, 5.41) is 6.43. The number of carbonyl (C=O) groups excluding carboxylic acids is 1. The summed E-state index contributed by atoms with van der Waals surface area (Å²) < 4.78 is 5.39. The molecule has 0 saturated heterocycles. The number of benzene rings is 1. The van der Waals surface area contributed by atoms with E-state index >= 15 is 0 Å². The second-order valence-corrected chi connectivity index (χ2v) is 6.72. The van der Waals surface area contributed by atoms with Gasteiger partial charge in [-0.25, -0.2) is 4.98 Å². The molecule has 0 aliphatic carbocycles. The van der Waals surface area contributed by atoms with Gasteiger partial charge >= 0.3 is 0 Å². The summed E-state index contributed by atoms with van der Waals surface area (Å²) >= 11 is 13.3. The van der Waals surface area contributed by atoms with E-state index < -0.39 is 0 Å². The number of ether oxygens (including phenoxy) is 1. The maximum absolute atomic E-state index is 11.9. The van der Waals surface area contributed by atoms with Gasteiger partial charge in [0.15, 0.2) is 6.61 Å². The van der Waals surface area contributed by atoms with Crippen LogP contribution >= 0.6 is 34.5 Å². The number of hydrogen-bond donors (Lipinski definition) is 1. The Morgan fingerprint density at radius 2 is 2.00 bits per heavy atom. The van der Waals surface area contributed by atoms with E-state index in [1.54, 1.807) is 30.6 Å². The summed E-state index contributed by atoms with van der Waals surface area (Å²) in [6.45, 7) is 0.195. The van der Waals surface area contributed by atoms with Crippen LogP contribution in [0.1, 0.15) is 5.69 Å². The second-order valence-electron chi connectivity index (χ2n) is 5.02. The van der Waals surface area contributed by atoms with Crippen LogP contribution in [0.25, 0.3) is 10.6 Å². The molecule has 0 aliphatic rings. The Morgan fingerprint density at radius 1 is 1.20 bits per heavy atom. The normalized spacial score (nSPS) is 10.5. The van der Waals surface area contributed by atoms with E-state index in [4.69, 9.17) is 27.9 Å². The largest absolute Gasteiger partial charge is 0.482 e. The standard InChI is InChI=1S/C17H13Cl2N3O2S/c18-12-1-2-15(14(19)7-12)24-9-16(23)21-8-13-10-25-17(22-13)11-3-5-20-6-4-11/h1-7,10H,8-9H2,(H,21,23). The number of rotatable bonds is 6. The molecule has 1 aromatic carbocycles. The first-order valence-electron chi connectivity index (χ1n) is 7.31. The van der Waals surface area contributed by atoms with Crippen molar-refractivity contribution in [2.24, 2.45) is 0 Å². The Bertz CT molecular complexity index is 871. The van der Waals surface area contributed by atoms with Gasteiger partial charge in [0.05, 0.1) is 17.3 Å². The van der Waals surface area contributed by atoms with Crippen molar-refractivity contribution in [1.29, 1.82) is 0 Å². The fraction of sp³-hybridized carbons (Fsp3) is 0.118. The summed E-state index contributed by atoms with van der Waals surface area (Å²) in [7, 11) is 0. The van der Waals surface area contributed by atoms with Crippen LogP contribution in [0.3, 0.4) is 0 Å². The molecule has 1 amide bonds. The number of nitrogens with one attached hydrogen (secondary N) is 1. The molecule has 0 aliphatic heterocycles. The molecular formula is C17H13Cl2N3O2S. The lowest BCUT2D eigenvalue weighted by molar-refractivity contribution is -0.123. The van der Waals surface area contributed by atoms with Gasteiger partial charge in [-0.2, -0.15) is 0 Å². The SMILES string of the molecule is O=C(COc1ccc(Cl)cc1Cl)NCc1csc(-c2ccncc2)n1. The van der Waals surface area contributed by atoms with Crippen molar-refractivity contribution in [2.75, 3.05) is 6.61 Å². The van der Waals surface area contributed by atoms with Crippen molar-refractivity contribution in [3.63, 3.8) is 0 Å². The molecule has 0 fully saturated rings. The smallest absolute Gasteiger partial charge is 0.258 e. The van der Waals surface area contributed by atoms with Gasteiger partial charge in [-0.3, -0.25) is 9.78 Å². The third-order valence-electron chi connectivity index (χ3n) is 3.20. The maximum atomic E-state index is 11.9. The van der Waals surface area contributed by atoms with Gasteiger partial charge in [-0.05, 0) is 30.3 Å². The Hall–Kier alpha value is -2.15. The first kappa shape index (κ1) is 17.7. The lowest BCUT2D eigenvalue weighted by atomic mass is 10.3. The monoisotopic (exact) mass is 393 g/mol. The topological polar surface area (TPSA) is 64.1 Å². The fourth-order valence-electron chi connectivity index (χ4n) is 1.99. The Balaban J connectivity index is 1.50. The van der Waals surface area contributed by atoms with Gasteiger partial charge in [0.25, 0.3) is 5.91 Å². The van der Waals surface area contributed by atoms with Crippen LogP contribution in [0.4, 0.5) is 0 Å². The zero-order chi connectivity index (χ0) is 17.6. The maximum Gasteiger partial charge on any atom is 0.258 e. The van der Waals surface area contributed by atoms with Crippen LogP contribution in [0.5, 0.6) is 5.75 Å². The number of thiazole rings is 1. The van der Waals surface area contributed by atoms with Crippen molar-refractivity contribution < 1.29 is 9.53 Å². The van der Waals surface area contributed by atoms with Gasteiger partial charge in [0.2, 0.25) is 0 Å². The molecule has 1 N–H and O–H groups in total. The number of amides is 1. The molecule has 3 aromatic rings. The van der Waals surface area contributed by atoms with Gasteiger partial charge in [0.1, 0.15) is 10.8 Å². The third-order valence-corrected chi connectivity index (χ3v) is 4.67. The van der Waals surface area contributed by atoms with Crippen molar-refractivity contribution in [3.8, 4) is 16.3 Å². The number of nitrogens with zero attached hydrogens (tertiary/aromatic N) is 2. The molecule has 8 heteroatoms. The summed E-state index contributed by atoms with van der Waals surface area (Å²) in [5.74, 6) is 0.152. The van der Waals surface area contributed by atoms with Crippen molar-refractivity contribution in [1.82, 2.24) is 15.3 Å². The molecular weight excluding hydrogens is 381 g/mol. The van der Waals surface area contributed by atoms with E-state index in [2.05, 4.69) is 15.3 Å². The average molecular weight is 394 g/mol. The predicted molar refractivity (Wildman–Crippen MR) is 99.1 cm³/mol. The van der Waals surface area contributed by atoms with Gasteiger partial charge < -0.3 is 10.1 Å². The minimum absolute atomic E-state index is 0.136. The number of halogens is 2. The minimum Gasteiger partial charge on any atom is -0.482 e. The molecule has 128 valence electrons. The first-order chi connectivity index (χ1) is 12.1. The highest BCUT2D eigenvalue weighted by molar-refractivity contribution is 7.13. The van der Waals surface area contributed by atoms with Crippen LogP contribution < -0.4 is 10.1 Å². The summed E-state index contributed by atoms with van der Waals surface area (Å²) in [6.07, 6.45) is 3.44. The summed E-state index contributed by atoms with van der Waals surface area (Å²) in [6, 6.07) is 8.62. The molecule has 0 atom stereocenters. The molecule has 0 spiro atoms. The van der Waals surface area contributed by atoms with Crippen LogP contribution in [0, 0.1) is 0 Å². The molecule has 0 radical (unpaired) electrons. The van der Waals surface area contributed by atoms with Crippen LogP contribution in [-0.4, -0.2) is 22.5 Å². The Morgan fingerprint density at radius 3 is 2.76 bits per heavy atom. The predicted octanol–water partition coefficient (Wildman–Crippen LogP) is 4.21. The van der Waals surface area contributed by atoms with Crippen molar-refractivity contribution in [2.45, 2.75) is 6.54 Å². The number of aromatic nitrogens is 2. The van der Waals surface area contributed by atoms with Gasteiger partial charge in [-0.15, -0.1) is 11.3 Å². The van der Waals surface area contributed by atoms with E-state index in [1.807, 2.05) is 17.5 Å². The number of hydrogen-bond acceptors (Lipinski definition) is 5. The first-order valence-corrected chi connectivity index (χ1v) is 8.95. The highest BCUT2D eigenvalue weighted by atomic mass is 35.5. The van der Waals surface area contributed by atoms with Crippen molar-refractivity contribution >= 4 is 40.4 Å². The van der Waals surface area contributed by atoms with Crippen LogP contribution in [0.2, 0.25) is 10.0 Å². The molecule has 0 bridgehead atoms. The zero-order valence-corrected chi connectivity index (χ0v) is 15.2. The molecule has 25 heavy (non-hydrogen) atoms. The van der Waals surface area contributed by atoms with Crippen molar-refractivity contribution in [3.05, 3.63) is 63.8 Å². The summed E-state index contributed by atoms with van der Waals surface area (Å²) in [5.41, 5.74) is 1.79. The van der Waals surface area contributed by atoms with Crippen LogP contribution in [0.15, 0.2) is 48.1 Å². The minimum atomic E-state index is -0.260. The lowest BCUT2D eigenvalue weighted by Crippen LogP contribution is -2.28. The molecule has 5 nitrogen and oxygen atoms in total. The third kappa shape index (κ3) is 4.92. The van der Waals surface area contributed by atoms with E-state index in [-0.39, 0.29) is 12.5 Å². The van der Waals surface area contributed by atoms with E-state index in [9.17, 15) is 4.79 Å². The van der Waals surface area contributed by atoms with E-state index in [1.165, 1.54) is 11.3 Å². The Kier molecular flexibility index (Phi) is 5.86. The second kappa shape index (κ2) is 8.29. The number of pyridine rings is 1. The average Bonchev–Trinajstić information content (AvgIpc) is 3.09. The summed E-state index contributed by atoms with van der Waals surface area (Å²) in [4.78, 5) is 20.4. The van der Waals surface area contributed by atoms with Crippen LogP contribution in [-0.2, 0) is 11.3 Å². The molecule has 3 rings (SSSR count).